The normalized spacial score (nSPS) is 11.9. The van der Waals surface area contributed by atoms with E-state index in [0.717, 1.165) is 0 Å². The van der Waals surface area contributed by atoms with E-state index in [1.54, 1.807) is 0 Å². The van der Waals surface area contributed by atoms with E-state index in [0.29, 0.717) is 0 Å². The lowest BCUT2D eigenvalue weighted by Gasteiger charge is -2.00. The number of rotatable bonds is 13. The molecule has 0 spiro atoms. The van der Waals surface area contributed by atoms with E-state index in [2.05, 4.69) is 38.2 Å². The summed E-state index contributed by atoms with van der Waals surface area (Å²) in [5.74, 6) is 0. The number of unbranched alkanes of at least 4 members (excludes halogenated alkanes) is 10. The van der Waals surface area contributed by atoms with Crippen molar-refractivity contribution in [3.05, 3.63) is 24.3 Å². The third-order valence-electron chi connectivity index (χ3n) is 3.37. The summed E-state index contributed by atoms with van der Waals surface area (Å²) >= 11 is 0. The Labute approximate surface area is 116 Å². The third kappa shape index (κ3) is 15.5. The number of allylic oxidation sites excluding steroid dienone is 4. The molecule has 0 rings (SSSR count). The average molecular weight is 250 g/mol. The molecular weight excluding hydrogens is 216 g/mol. The highest BCUT2D eigenvalue weighted by Gasteiger charge is 1.90. The van der Waals surface area contributed by atoms with Gasteiger partial charge in [-0.05, 0) is 39.0 Å². The van der Waals surface area contributed by atoms with Gasteiger partial charge in [-0.15, -0.1) is 0 Å². The van der Waals surface area contributed by atoms with Crippen molar-refractivity contribution in [2.24, 2.45) is 0 Å². The molecule has 0 aromatic rings. The Bertz CT molecular complexity index is 188. The lowest BCUT2D eigenvalue weighted by molar-refractivity contribution is 0.583. The van der Waals surface area contributed by atoms with Crippen LogP contribution < -0.4 is 0 Å². The van der Waals surface area contributed by atoms with Crippen LogP contribution in [0.1, 0.15) is 90.9 Å². The van der Waals surface area contributed by atoms with Crippen LogP contribution in [0.5, 0.6) is 0 Å². The highest BCUT2D eigenvalue weighted by molar-refractivity contribution is 4.81. The summed E-state index contributed by atoms with van der Waals surface area (Å²) in [6, 6.07) is 0. The van der Waals surface area contributed by atoms with Crippen molar-refractivity contribution in [3.63, 3.8) is 0 Å². The maximum Gasteiger partial charge on any atom is -0.0351 e. The van der Waals surface area contributed by atoms with Gasteiger partial charge in [0.05, 0.1) is 0 Å². The van der Waals surface area contributed by atoms with Crippen LogP contribution in [0.3, 0.4) is 0 Å². The molecule has 0 radical (unpaired) electrons. The minimum absolute atomic E-state index is 1.28. The van der Waals surface area contributed by atoms with E-state index >= 15 is 0 Å². The van der Waals surface area contributed by atoms with E-state index in [1.165, 1.54) is 77.0 Å². The van der Waals surface area contributed by atoms with E-state index in [-0.39, 0.29) is 0 Å². The Morgan fingerprint density at radius 2 is 1.00 bits per heavy atom. The van der Waals surface area contributed by atoms with Crippen LogP contribution in [0, 0.1) is 0 Å². The van der Waals surface area contributed by atoms with Gasteiger partial charge in [0.2, 0.25) is 0 Å². The fraction of sp³-hybridized carbons (Fsp3) is 0.778. The van der Waals surface area contributed by atoms with Gasteiger partial charge in [-0.3, -0.25) is 0 Å². The van der Waals surface area contributed by atoms with Crippen LogP contribution in [0.25, 0.3) is 0 Å². The van der Waals surface area contributed by atoms with Crippen molar-refractivity contribution < 1.29 is 0 Å². The molecule has 0 heterocycles. The predicted molar refractivity (Wildman–Crippen MR) is 85.0 cm³/mol. The van der Waals surface area contributed by atoms with Crippen molar-refractivity contribution in [1.82, 2.24) is 0 Å². The molecule has 0 aliphatic carbocycles. The maximum absolute atomic E-state index is 2.38. The van der Waals surface area contributed by atoms with Gasteiger partial charge in [0.1, 0.15) is 0 Å². The van der Waals surface area contributed by atoms with Crippen molar-refractivity contribution in [2.75, 3.05) is 0 Å². The summed E-state index contributed by atoms with van der Waals surface area (Å²) in [7, 11) is 0. The van der Waals surface area contributed by atoms with Gasteiger partial charge in [-0.2, -0.15) is 0 Å². The van der Waals surface area contributed by atoms with E-state index in [4.69, 9.17) is 0 Å². The number of hydrogen-bond donors (Lipinski definition) is 0. The van der Waals surface area contributed by atoms with Crippen LogP contribution in [-0.2, 0) is 0 Å². The molecule has 0 aliphatic heterocycles. The van der Waals surface area contributed by atoms with Gasteiger partial charge in [0.25, 0.3) is 0 Å². The Morgan fingerprint density at radius 1 is 0.556 bits per heavy atom. The highest BCUT2D eigenvalue weighted by Crippen LogP contribution is 2.10. The molecule has 0 unspecified atom stereocenters. The van der Waals surface area contributed by atoms with Gasteiger partial charge < -0.3 is 0 Å². The topological polar surface area (TPSA) is 0 Å². The molecule has 0 aliphatic rings. The molecule has 0 fully saturated rings. The molecule has 0 saturated heterocycles. The SMILES string of the molecule is C/C=C\CCCCCCCCCC=CCCCC. The Hall–Kier alpha value is -0.520. The second kappa shape index (κ2) is 16.5. The largest absolute Gasteiger partial charge is 0.0917 e. The van der Waals surface area contributed by atoms with Gasteiger partial charge in [-0.1, -0.05) is 76.2 Å². The van der Waals surface area contributed by atoms with Crippen LogP contribution in [0.2, 0.25) is 0 Å². The summed E-state index contributed by atoms with van der Waals surface area (Å²) in [6.45, 7) is 4.36. The van der Waals surface area contributed by atoms with Gasteiger partial charge in [0.15, 0.2) is 0 Å². The molecule has 0 nitrogen and oxygen atoms in total. The molecule has 0 aromatic heterocycles. The molecule has 0 amide bonds. The second-order valence-electron chi connectivity index (χ2n) is 5.23. The monoisotopic (exact) mass is 250 g/mol. The van der Waals surface area contributed by atoms with E-state index in [1.807, 2.05) is 0 Å². The zero-order valence-corrected chi connectivity index (χ0v) is 12.8. The Balaban J connectivity index is 3.00. The highest BCUT2D eigenvalue weighted by atomic mass is 14.0. The third-order valence-corrected chi connectivity index (χ3v) is 3.37. The van der Waals surface area contributed by atoms with E-state index < -0.39 is 0 Å². The first kappa shape index (κ1) is 17.5. The van der Waals surface area contributed by atoms with Gasteiger partial charge >= 0.3 is 0 Å². The molecule has 106 valence electrons. The van der Waals surface area contributed by atoms with Crippen LogP contribution in [0.15, 0.2) is 24.3 Å². The summed E-state index contributed by atoms with van der Waals surface area (Å²) in [4.78, 5) is 0. The summed E-state index contributed by atoms with van der Waals surface area (Å²) in [6.07, 6.45) is 25.6. The molecular formula is C18H34. The molecule has 0 atom stereocenters. The average Bonchev–Trinajstić information content (AvgIpc) is 2.39. The summed E-state index contributed by atoms with van der Waals surface area (Å²) in [5.41, 5.74) is 0. The number of hydrogen-bond acceptors (Lipinski definition) is 0. The minimum Gasteiger partial charge on any atom is -0.0917 e. The van der Waals surface area contributed by atoms with Crippen LogP contribution in [-0.4, -0.2) is 0 Å². The second-order valence-corrected chi connectivity index (χ2v) is 5.23. The minimum atomic E-state index is 1.28. The smallest absolute Gasteiger partial charge is 0.0351 e. The van der Waals surface area contributed by atoms with Crippen LogP contribution in [0.4, 0.5) is 0 Å². The first-order valence-electron chi connectivity index (χ1n) is 8.18. The quantitative estimate of drug-likeness (QED) is 0.248. The summed E-state index contributed by atoms with van der Waals surface area (Å²) < 4.78 is 0. The maximum atomic E-state index is 2.38. The lowest BCUT2D eigenvalue weighted by Crippen LogP contribution is -1.80. The summed E-state index contributed by atoms with van der Waals surface area (Å²) in [5, 5.41) is 0. The lowest BCUT2D eigenvalue weighted by atomic mass is 10.1. The standard InChI is InChI=1S/C18H34/c1-3-5-7-9-11-13-15-17-18-16-14-12-10-8-6-4-2/h3,5,10,12H,4,6-9,11,13-18H2,1-2H3/b5-3-,12-10?. The van der Waals surface area contributed by atoms with Crippen molar-refractivity contribution in [3.8, 4) is 0 Å². The van der Waals surface area contributed by atoms with Crippen molar-refractivity contribution in [2.45, 2.75) is 90.9 Å². The zero-order chi connectivity index (χ0) is 13.3. The first-order valence-corrected chi connectivity index (χ1v) is 8.18. The zero-order valence-electron chi connectivity index (χ0n) is 12.8. The van der Waals surface area contributed by atoms with Gasteiger partial charge in [0, 0.05) is 0 Å². The fourth-order valence-electron chi connectivity index (χ4n) is 2.13. The Morgan fingerprint density at radius 3 is 1.50 bits per heavy atom. The van der Waals surface area contributed by atoms with Crippen molar-refractivity contribution in [1.29, 1.82) is 0 Å². The molecule has 18 heavy (non-hydrogen) atoms. The molecule has 0 aromatic carbocycles. The van der Waals surface area contributed by atoms with Crippen LogP contribution >= 0.6 is 0 Å². The van der Waals surface area contributed by atoms with Crippen molar-refractivity contribution >= 4 is 0 Å². The molecule has 0 N–H and O–H groups in total. The first-order chi connectivity index (χ1) is 8.91. The molecule has 0 bridgehead atoms. The van der Waals surface area contributed by atoms with Gasteiger partial charge in [-0.25, -0.2) is 0 Å². The molecule has 0 saturated carbocycles. The fourth-order valence-corrected chi connectivity index (χ4v) is 2.13. The molecule has 0 heteroatoms. The Kier molecular flexibility index (Phi) is 16.0. The predicted octanol–water partition coefficient (Wildman–Crippen LogP) is 6.82. The van der Waals surface area contributed by atoms with E-state index in [9.17, 15) is 0 Å².